The molecule has 0 bridgehead atoms. The summed E-state index contributed by atoms with van der Waals surface area (Å²) in [5.41, 5.74) is 0. The van der Waals surface area contributed by atoms with Crippen molar-refractivity contribution in [3.05, 3.63) is 24.5 Å². The zero-order valence-corrected chi connectivity index (χ0v) is 12.5. The van der Waals surface area contributed by atoms with Crippen LogP contribution in [0.4, 0.5) is 0 Å². The molecule has 1 unspecified atom stereocenters. The fraction of sp³-hybridized carbons (Fsp3) is 0.538. The Morgan fingerprint density at radius 2 is 2.33 bits per heavy atom. The second-order valence-electron chi connectivity index (χ2n) is 4.95. The fourth-order valence-electron chi connectivity index (χ4n) is 2.16. The van der Waals surface area contributed by atoms with E-state index in [0.29, 0.717) is 0 Å². The van der Waals surface area contributed by atoms with E-state index in [4.69, 9.17) is 0 Å². The molecule has 1 aliphatic rings. The van der Waals surface area contributed by atoms with Crippen LogP contribution in [0.5, 0.6) is 0 Å². The monoisotopic (exact) mass is 312 g/mol. The summed E-state index contributed by atoms with van der Waals surface area (Å²) in [4.78, 5) is 15.6. The lowest BCUT2D eigenvalue weighted by Crippen LogP contribution is -2.46. The normalized spacial score (nSPS) is 19.1. The summed E-state index contributed by atoms with van der Waals surface area (Å²) in [5, 5.41) is 6.11. The number of hydrogen-bond donors (Lipinski definition) is 3. The molecule has 1 atom stereocenters. The maximum absolute atomic E-state index is 11.9. The molecule has 0 radical (unpaired) electrons. The van der Waals surface area contributed by atoms with Gasteiger partial charge in [0.1, 0.15) is 4.90 Å². The first-order chi connectivity index (χ1) is 10.1. The fourth-order valence-corrected chi connectivity index (χ4v) is 3.16. The molecule has 1 aliphatic heterocycles. The van der Waals surface area contributed by atoms with Crippen LogP contribution in [0.1, 0.15) is 19.3 Å². The molecule has 116 valence electrons. The highest BCUT2D eigenvalue weighted by Crippen LogP contribution is 2.05. The van der Waals surface area contributed by atoms with Gasteiger partial charge in [-0.3, -0.25) is 9.78 Å². The molecule has 2 heterocycles. The summed E-state index contributed by atoms with van der Waals surface area (Å²) in [6.07, 6.45) is 4.90. The second kappa shape index (κ2) is 7.48. The number of hydrogen-bond acceptors (Lipinski definition) is 5. The molecule has 1 amide bonds. The number of amides is 1. The van der Waals surface area contributed by atoms with E-state index in [2.05, 4.69) is 20.3 Å². The van der Waals surface area contributed by atoms with Crippen molar-refractivity contribution < 1.29 is 13.2 Å². The van der Waals surface area contributed by atoms with Crippen molar-refractivity contribution in [1.82, 2.24) is 20.3 Å². The van der Waals surface area contributed by atoms with Crippen LogP contribution >= 0.6 is 0 Å². The van der Waals surface area contributed by atoms with Crippen LogP contribution < -0.4 is 15.4 Å². The maximum Gasteiger partial charge on any atom is 0.242 e. The highest BCUT2D eigenvalue weighted by Gasteiger charge is 2.17. The first-order valence-electron chi connectivity index (χ1n) is 6.98. The number of nitrogens with zero attached hydrogens (tertiary/aromatic N) is 1. The zero-order valence-electron chi connectivity index (χ0n) is 11.7. The van der Waals surface area contributed by atoms with Gasteiger partial charge in [0, 0.05) is 37.9 Å². The molecule has 0 spiro atoms. The predicted octanol–water partition coefficient (Wildman–Crippen LogP) is -0.382. The SMILES string of the molecule is O=C(CCNS(=O)(=O)c1cccnc1)NC1CCCNC1. The van der Waals surface area contributed by atoms with Crippen LogP contribution in [0.3, 0.4) is 0 Å². The maximum atomic E-state index is 11.9. The quantitative estimate of drug-likeness (QED) is 0.665. The highest BCUT2D eigenvalue weighted by molar-refractivity contribution is 7.89. The third-order valence-electron chi connectivity index (χ3n) is 3.25. The lowest BCUT2D eigenvalue weighted by molar-refractivity contribution is -0.121. The number of piperidine rings is 1. The van der Waals surface area contributed by atoms with Gasteiger partial charge in [-0.25, -0.2) is 13.1 Å². The molecular weight excluding hydrogens is 292 g/mol. The summed E-state index contributed by atoms with van der Waals surface area (Å²) in [6, 6.07) is 3.15. The first-order valence-corrected chi connectivity index (χ1v) is 8.46. The van der Waals surface area contributed by atoms with Crippen molar-refractivity contribution in [3.8, 4) is 0 Å². The summed E-state index contributed by atoms with van der Waals surface area (Å²) in [6.45, 7) is 1.83. The number of carbonyl (C=O) groups excluding carboxylic acids is 1. The van der Waals surface area contributed by atoms with Crippen molar-refractivity contribution in [1.29, 1.82) is 0 Å². The minimum atomic E-state index is -3.59. The Hall–Kier alpha value is -1.51. The smallest absolute Gasteiger partial charge is 0.242 e. The molecule has 1 aromatic heterocycles. The van der Waals surface area contributed by atoms with Gasteiger partial charge in [-0.1, -0.05) is 0 Å². The Morgan fingerprint density at radius 1 is 1.48 bits per heavy atom. The van der Waals surface area contributed by atoms with Crippen molar-refractivity contribution >= 4 is 15.9 Å². The summed E-state index contributed by atoms with van der Waals surface area (Å²) in [5.74, 6) is -0.141. The van der Waals surface area contributed by atoms with E-state index in [0.717, 1.165) is 25.9 Å². The summed E-state index contributed by atoms with van der Waals surface area (Å²) in [7, 11) is -3.59. The molecule has 1 fully saturated rings. The lowest BCUT2D eigenvalue weighted by Gasteiger charge is -2.23. The van der Waals surface area contributed by atoms with Gasteiger partial charge in [0.2, 0.25) is 15.9 Å². The standard InChI is InChI=1S/C13H20N4O3S/c18-13(17-11-3-1-6-14-9-11)5-8-16-21(19,20)12-4-2-7-15-10-12/h2,4,7,10-11,14,16H,1,3,5-6,8-9H2,(H,17,18). The lowest BCUT2D eigenvalue weighted by atomic mass is 10.1. The third kappa shape index (κ3) is 5.07. The van der Waals surface area contributed by atoms with Crippen LogP contribution in [0.25, 0.3) is 0 Å². The average molecular weight is 312 g/mol. The largest absolute Gasteiger partial charge is 0.352 e. The van der Waals surface area contributed by atoms with Crippen molar-refractivity contribution in [2.75, 3.05) is 19.6 Å². The van der Waals surface area contributed by atoms with Gasteiger partial charge in [0.05, 0.1) is 0 Å². The predicted molar refractivity (Wildman–Crippen MR) is 78.1 cm³/mol. The Bertz CT molecular complexity index is 556. The molecule has 1 aromatic rings. The number of sulfonamides is 1. The van der Waals surface area contributed by atoms with Crippen molar-refractivity contribution in [2.45, 2.75) is 30.2 Å². The molecule has 0 aliphatic carbocycles. The second-order valence-corrected chi connectivity index (χ2v) is 6.71. The van der Waals surface area contributed by atoms with Gasteiger partial charge in [-0.05, 0) is 31.5 Å². The van der Waals surface area contributed by atoms with Gasteiger partial charge in [-0.2, -0.15) is 0 Å². The van der Waals surface area contributed by atoms with E-state index in [9.17, 15) is 13.2 Å². The van der Waals surface area contributed by atoms with Crippen LogP contribution in [-0.2, 0) is 14.8 Å². The number of pyridine rings is 1. The molecule has 7 nitrogen and oxygen atoms in total. The summed E-state index contributed by atoms with van der Waals surface area (Å²) >= 11 is 0. The minimum absolute atomic E-state index is 0.0726. The number of rotatable bonds is 6. The first kappa shape index (κ1) is 15.9. The Balaban J connectivity index is 1.74. The van der Waals surface area contributed by atoms with Crippen molar-refractivity contribution in [2.24, 2.45) is 0 Å². The van der Waals surface area contributed by atoms with E-state index < -0.39 is 10.0 Å². The Labute approximate surface area is 124 Å². The van der Waals surface area contributed by atoms with Gasteiger partial charge in [0.25, 0.3) is 0 Å². The average Bonchev–Trinajstić information content (AvgIpc) is 2.49. The van der Waals surface area contributed by atoms with Gasteiger partial charge in [-0.15, -0.1) is 0 Å². The van der Waals surface area contributed by atoms with Crippen LogP contribution in [-0.4, -0.2) is 45.0 Å². The molecule has 3 N–H and O–H groups in total. The van der Waals surface area contributed by atoms with E-state index in [-0.39, 0.29) is 29.8 Å². The molecule has 2 rings (SSSR count). The molecule has 0 saturated carbocycles. The Morgan fingerprint density at radius 3 is 3.00 bits per heavy atom. The minimum Gasteiger partial charge on any atom is -0.352 e. The van der Waals surface area contributed by atoms with E-state index in [1.807, 2.05) is 0 Å². The van der Waals surface area contributed by atoms with E-state index in [1.54, 1.807) is 6.07 Å². The van der Waals surface area contributed by atoms with Crippen LogP contribution in [0, 0.1) is 0 Å². The van der Waals surface area contributed by atoms with Gasteiger partial charge < -0.3 is 10.6 Å². The molecule has 8 heteroatoms. The molecule has 1 saturated heterocycles. The van der Waals surface area contributed by atoms with Gasteiger partial charge in [0.15, 0.2) is 0 Å². The summed E-state index contributed by atoms with van der Waals surface area (Å²) < 4.78 is 26.2. The molecule has 21 heavy (non-hydrogen) atoms. The number of carbonyl (C=O) groups is 1. The number of aromatic nitrogens is 1. The zero-order chi connectivity index (χ0) is 15.1. The van der Waals surface area contributed by atoms with E-state index in [1.165, 1.54) is 18.5 Å². The van der Waals surface area contributed by atoms with Crippen molar-refractivity contribution in [3.63, 3.8) is 0 Å². The molecular formula is C13H20N4O3S. The van der Waals surface area contributed by atoms with Crippen LogP contribution in [0.15, 0.2) is 29.4 Å². The van der Waals surface area contributed by atoms with Crippen LogP contribution in [0.2, 0.25) is 0 Å². The highest BCUT2D eigenvalue weighted by atomic mass is 32.2. The Kier molecular flexibility index (Phi) is 5.66. The molecule has 0 aromatic carbocycles. The van der Waals surface area contributed by atoms with E-state index >= 15 is 0 Å². The van der Waals surface area contributed by atoms with Gasteiger partial charge >= 0.3 is 0 Å². The topological polar surface area (TPSA) is 100 Å². The third-order valence-corrected chi connectivity index (χ3v) is 4.70. The number of nitrogens with one attached hydrogen (secondary N) is 3.